The van der Waals surface area contributed by atoms with E-state index in [0.717, 1.165) is 50.5 Å². The molecule has 28 heavy (non-hydrogen) atoms. The van der Waals surface area contributed by atoms with Gasteiger partial charge in [-0.3, -0.25) is 4.99 Å². The highest BCUT2D eigenvalue weighted by Crippen LogP contribution is 2.18. The summed E-state index contributed by atoms with van der Waals surface area (Å²) in [6.45, 7) is 3.59. The Morgan fingerprint density at radius 3 is 2.82 bits per heavy atom. The Morgan fingerprint density at radius 2 is 2.14 bits per heavy atom. The van der Waals surface area contributed by atoms with Gasteiger partial charge < -0.3 is 24.8 Å². The third-order valence-electron chi connectivity index (χ3n) is 5.48. The molecule has 2 N–H and O–H groups in total. The molecule has 0 aromatic heterocycles. The molecule has 2 saturated heterocycles. The van der Waals surface area contributed by atoms with Gasteiger partial charge >= 0.3 is 0 Å². The lowest BCUT2D eigenvalue weighted by molar-refractivity contribution is -0.0721. The Balaban J connectivity index is 1.42. The molecule has 7 heteroatoms. The third kappa shape index (κ3) is 5.90. The fourth-order valence-corrected chi connectivity index (χ4v) is 3.79. The highest BCUT2D eigenvalue weighted by atomic mass is 19.1. The third-order valence-corrected chi connectivity index (χ3v) is 5.48. The molecule has 6 nitrogen and oxygen atoms in total. The zero-order valence-corrected chi connectivity index (χ0v) is 16.7. The second-order valence-corrected chi connectivity index (χ2v) is 7.49. The van der Waals surface area contributed by atoms with Crippen LogP contribution in [0.5, 0.6) is 0 Å². The molecular formula is C21H32FN3O3. The Bertz CT molecular complexity index is 642. The number of hydrogen-bond acceptors (Lipinski definition) is 4. The maximum atomic E-state index is 13.5. The normalized spacial score (nSPS) is 21.8. The molecular weight excluding hydrogens is 361 g/mol. The summed E-state index contributed by atoms with van der Waals surface area (Å²) in [6, 6.07) is 4.80. The van der Waals surface area contributed by atoms with Crippen LogP contribution in [0.3, 0.4) is 0 Å². The van der Waals surface area contributed by atoms with E-state index in [4.69, 9.17) is 9.47 Å². The molecule has 0 spiro atoms. The number of likely N-dealkylation sites (tertiary alicyclic amines) is 1. The molecule has 156 valence electrons. The minimum absolute atomic E-state index is 0.265. The monoisotopic (exact) mass is 393 g/mol. The molecule has 2 aliphatic rings. The van der Waals surface area contributed by atoms with Crippen LogP contribution in [-0.2, 0) is 22.6 Å². The van der Waals surface area contributed by atoms with Crippen LogP contribution < -0.4 is 5.32 Å². The van der Waals surface area contributed by atoms with Crippen LogP contribution in [0.4, 0.5) is 4.39 Å². The number of guanidine groups is 1. The summed E-state index contributed by atoms with van der Waals surface area (Å²) in [5.74, 6) is 0.459. The minimum atomic E-state index is -0.378. The lowest BCUT2D eigenvalue weighted by atomic mass is 10.1. The fourth-order valence-electron chi connectivity index (χ4n) is 3.79. The number of aliphatic imine (C=N–C) groups is 1. The number of nitrogens with one attached hydrogen (secondary N) is 1. The van der Waals surface area contributed by atoms with Gasteiger partial charge in [-0.2, -0.15) is 0 Å². The van der Waals surface area contributed by atoms with Crippen LogP contribution in [0.2, 0.25) is 0 Å². The summed E-state index contributed by atoms with van der Waals surface area (Å²) in [7, 11) is 1.77. The van der Waals surface area contributed by atoms with Crippen LogP contribution in [0.25, 0.3) is 0 Å². The van der Waals surface area contributed by atoms with Gasteiger partial charge in [-0.1, -0.05) is 6.07 Å². The number of hydrogen-bond donors (Lipinski definition) is 2. The summed E-state index contributed by atoms with van der Waals surface area (Å²) in [6.07, 6.45) is 6.00. The molecule has 0 radical (unpaired) electrons. The Labute approximate surface area is 166 Å². The van der Waals surface area contributed by atoms with E-state index in [9.17, 15) is 9.50 Å². The summed E-state index contributed by atoms with van der Waals surface area (Å²) in [4.78, 5) is 6.61. The quantitative estimate of drug-likeness (QED) is 0.574. The van der Waals surface area contributed by atoms with Crippen molar-refractivity contribution < 1.29 is 19.0 Å². The minimum Gasteiger partial charge on any atom is -0.392 e. The van der Waals surface area contributed by atoms with Gasteiger partial charge in [0.2, 0.25) is 0 Å². The van der Waals surface area contributed by atoms with Crippen molar-refractivity contribution in [1.29, 1.82) is 0 Å². The predicted molar refractivity (Wildman–Crippen MR) is 107 cm³/mol. The zero-order valence-electron chi connectivity index (χ0n) is 16.7. The standard InChI is InChI=1S/C21H32FN3O3/c1-23-21(24-13-16-5-6-20(22)17(12-16)14-26)25-9-7-18(8-10-25)28-15-19-4-2-3-11-27-19/h5-6,12,18-19,26H,2-4,7-11,13-15H2,1H3,(H,23,24). The van der Waals surface area contributed by atoms with Crippen molar-refractivity contribution >= 4 is 5.96 Å². The summed E-state index contributed by atoms with van der Waals surface area (Å²) < 4.78 is 25.3. The molecule has 0 saturated carbocycles. The molecule has 2 fully saturated rings. The smallest absolute Gasteiger partial charge is 0.193 e. The van der Waals surface area contributed by atoms with Gasteiger partial charge in [0.25, 0.3) is 0 Å². The summed E-state index contributed by atoms with van der Waals surface area (Å²) in [5, 5.41) is 12.5. The van der Waals surface area contributed by atoms with Crippen molar-refractivity contribution in [1.82, 2.24) is 10.2 Å². The first-order chi connectivity index (χ1) is 13.7. The molecule has 1 atom stereocenters. The second kappa shape index (κ2) is 10.7. The van der Waals surface area contributed by atoms with E-state index < -0.39 is 0 Å². The van der Waals surface area contributed by atoms with Crippen molar-refractivity contribution in [2.75, 3.05) is 33.4 Å². The molecule has 0 bridgehead atoms. The van der Waals surface area contributed by atoms with Crippen LogP contribution in [-0.4, -0.2) is 61.5 Å². The van der Waals surface area contributed by atoms with Gasteiger partial charge in [0.15, 0.2) is 5.96 Å². The number of piperidine rings is 1. The molecule has 0 aliphatic carbocycles. The number of nitrogens with zero attached hydrogens (tertiary/aromatic N) is 2. The molecule has 1 unspecified atom stereocenters. The van der Waals surface area contributed by atoms with E-state index in [2.05, 4.69) is 15.2 Å². The second-order valence-electron chi connectivity index (χ2n) is 7.49. The van der Waals surface area contributed by atoms with Crippen molar-refractivity contribution in [3.05, 3.63) is 35.1 Å². The van der Waals surface area contributed by atoms with Crippen LogP contribution in [0, 0.1) is 5.82 Å². The maximum Gasteiger partial charge on any atom is 0.193 e. The fraction of sp³-hybridized carbons (Fsp3) is 0.667. The lowest BCUT2D eigenvalue weighted by Crippen LogP contribution is -2.47. The lowest BCUT2D eigenvalue weighted by Gasteiger charge is -2.35. The summed E-state index contributed by atoms with van der Waals surface area (Å²) in [5.41, 5.74) is 1.23. The van der Waals surface area contributed by atoms with Gasteiger partial charge in [0.05, 0.1) is 25.4 Å². The first kappa shape index (κ1) is 21.0. The van der Waals surface area contributed by atoms with Crippen molar-refractivity contribution in [3.63, 3.8) is 0 Å². The van der Waals surface area contributed by atoms with Crippen molar-refractivity contribution in [2.45, 2.75) is 57.5 Å². The summed E-state index contributed by atoms with van der Waals surface area (Å²) >= 11 is 0. The van der Waals surface area contributed by atoms with E-state index >= 15 is 0 Å². The Kier molecular flexibility index (Phi) is 8.06. The van der Waals surface area contributed by atoms with E-state index in [1.807, 2.05) is 0 Å². The number of halogens is 1. The van der Waals surface area contributed by atoms with Crippen LogP contribution in [0.15, 0.2) is 23.2 Å². The molecule has 2 aliphatic heterocycles. The SMILES string of the molecule is CN=C(NCc1ccc(F)c(CO)c1)N1CCC(OCC2CCCCO2)CC1. The van der Waals surface area contributed by atoms with Gasteiger partial charge in [-0.15, -0.1) is 0 Å². The number of aliphatic hydroxyl groups is 1. The highest BCUT2D eigenvalue weighted by Gasteiger charge is 2.23. The predicted octanol–water partition coefficient (Wildman–Crippen LogP) is 2.44. The molecule has 1 aromatic carbocycles. The molecule has 0 amide bonds. The topological polar surface area (TPSA) is 66.3 Å². The first-order valence-corrected chi connectivity index (χ1v) is 10.3. The maximum absolute atomic E-state index is 13.5. The van der Waals surface area contributed by atoms with Crippen molar-refractivity contribution in [2.24, 2.45) is 4.99 Å². The molecule has 1 aromatic rings. The van der Waals surface area contributed by atoms with Gasteiger partial charge in [-0.25, -0.2) is 4.39 Å². The van der Waals surface area contributed by atoms with Crippen LogP contribution >= 0.6 is 0 Å². The van der Waals surface area contributed by atoms with E-state index in [0.29, 0.717) is 18.7 Å². The number of benzene rings is 1. The van der Waals surface area contributed by atoms with Crippen molar-refractivity contribution in [3.8, 4) is 0 Å². The highest BCUT2D eigenvalue weighted by molar-refractivity contribution is 5.79. The van der Waals surface area contributed by atoms with Crippen LogP contribution in [0.1, 0.15) is 43.2 Å². The average molecular weight is 394 g/mol. The van der Waals surface area contributed by atoms with Gasteiger partial charge in [-0.05, 0) is 49.8 Å². The Hall–Kier alpha value is -1.70. The number of rotatable bonds is 6. The first-order valence-electron chi connectivity index (χ1n) is 10.3. The van der Waals surface area contributed by atoms with E-state index in [1.54, 1.807) is 19.2 Å². The van der Waals surface area contributed by atoms with Gasteiger partial charge in [0, 0.05) is 38.9 Å². The van der Waals surface area contributed by atoms with E-state index in [-0.39, 0.29) is 24.6 Å². The van der Waals surface area contributed by atoms with Gasteiger partial charge in [0.1, 0.15) is 5.82 Å². The molecule has 2 heterocycles. The zero-order chi connectivity index (χ0) is 19.8. The number of aliphatic hydroxyl groups excluding tert-OH is 1. The van der Waals surface area contributed by atoms with E-state index in [1.165, 1.54) is 18.9 Å². The average Bonchev–Trinajstić information content (AvgIpc) is 2.75. The Morgan fingerprint density at radius 1 is 1.32 bits per heavy atom. The largest absolute Gasteiger partial charge is 0.392 e. The number of ether oxygens (including phenoxy) is 2. The molecule has 3 rings (SSSR count).